The first-order chi connectivity index (χ1) is 9.88. The largest absolute Gasteiger partial charge is 0.306 e. The number of hydrogen-bond donors (Lipinski definition) is 0. The van der Waals surface area contributed by atoms with Gasteiger partial charge in [0, 0.05) is 18.7 Å². The van der Waals surface area contributed by atoms with E-state index in [1.54, 1.807) is 0 Å². The smallest absolute Gasteiger partial charge is 0.179 e. The van der Waals surface area contributed by atoms with Crippen LogP contribution < -0.4 is 0 Å². The number of likely N-dealkylation sites (tertiary alicyclic amines) is 1. The number of ketones is 1. The minimum atomic E-state index is -0.979. The maximum Gasteiger partial charge on any atom is 0.179 e. The van der Waals surface area contributed by atoms with Crippen molar-refractivity contribution < 1.29 is 13.6 Å². The second kappa shape index (κ2) is 6.62. The summed E-state index contributed by atoms with van der Waals surface area (Å²) in [6.45, 7) is 4.77. The molecule has 0 N–H and O–H groups in total. The van der Waals surface area contributed by atoms with Crippen molar-refractivity contribution in [3.05, 3.63) is 35.4 Å². The monoisotopic (exact) mass is 296 g/mol. The Morgan fingerprint density at radius 1 is 1.43 bits per heavy atom. The van der Waals surface area contributed by atoms with Gasteiger partial charge in [0.05, 0.1) is 6.04 Å². The Kier molecular flexibility index (Phi) is 5.06. The standard InChI is InChI=1S/C16H22F2N2O/c1-11(20(3)10-12-6-7-19(2)9-12)16(21)13-4-5-14(17)15(18)8-13/h4-5,8,11-12H,6-7,9-10H2,1-3H3. The fourth-order valence-corrected chi connectivity index (χ4v) is 2.83. The van der Waals surface area contributed by atoms with Gasteiger partial charge in [-0.25, -0.2) is 8.78 Å². The maximum atomic E-state index is 13.2. The average molecular weight is 296 g/mol. The highest BCUT2D eigenvalue weighted by atomic mass is 19.2. The molecule has 2 rings (SSSR count). The van der Waals surface area contributed by atoms with E-state index in [2.05, 4.69) is 11.9 Å². The van der Waals surface area contributed by atoms with Crippen molar-refractivity contribution in [1.29, 1.82) is 0 Å². The Labute approximate surface area is 124 Å². The van der Waals surface area contributed by atoms with Gasteiger partial charge in [0.1, 0.15) is 0 Å². The predicted octanol–water partition coefficient (Wildman–Crippen LogP) is 2.42. The molecule has 5 heteroatoms. The third kappa shape index (κ3) is 3.86. The van der Waals surface area contributed by atoms with Gasteiger partial charge in [-0.15, -0.1) is 0 Å². The highest BCUT2D eigenvalue weighted by Gasteiger charge is 2.26. The van der Waals surface area contributed by atoms with Crippen LogP contribution in [-0.4, -0.2) is 55.4 Å². The molecular weight excluding hydrogens is 274 g/mol. The summed E-state index contributed by atoms with van der Waals surface area (Å²) >= 11 is 0. The average Bonchev–Trinajstić information content (AvgIpc) is 2.85. The van der Waals surface area contributed by atoms with Crippen LogP contribution in [0.25, 0.3) is 0 Å². The van der Waals surface area contributed by atoms with E-state index in [1.807, 2.05) is 18.9 Å². The third-order valence-corrected chi connectivity index (χ3v) is 4.28. The number of nitrogens with zero attached hydrogens (tertiary/aromatic N) is 2. The highest BCUT2D eigenvalue weighted by molar-refractivity contribution is 5.99. The summed E-state index contributed by atoms with van der Waals surface area (Å²) in [6, 6.07) is 2.97. The first kappa shape index (κ1) is 16.0. The van der Waals surface area contributed by atoms with Crippen LogP contribution in [-0.2, 0) is 0 Å². The summed E-state index contributed by atoms with van der Waals surface area (Å²) in [4.78, 5) is 16.6. The first-order valence-electron chi connectivity index (χ1n) is 7.26. The molecule has 1 aromatic rings. The minimum Gasteiger partial charge on any atom is -0.306 e. The molecule has 0 aromatic heterocycles. The number of carbonyl (C=O) groups is 1. The molecule has 1 aliphatic heterocycles. The van der Waals surface area contributed by atoms with Crippen molar-refractivity contribution in [1.82, 2.24) is 9.80 Å². The molecule has 3 nitrogen and oxygen atoms in total. The number of carbonyl (C=O) groups excluding carboxylic acids is 1. The Hall–Kier alpha value is -1.33. The molecule has 2 unspecified atom stereocenters. The number of likely N-dealkylation sites (N-methyl/N-ethyl adjacent to an activating group) is 1. The zero-order chi connectivity index (χ0) is 15.6. The van der Waals surface area contributed by atoms with E-state index in [0.717, 1.165) is 38.2 Å². The Morgan fingerprint density at radius 3 is 2.71 bits per heavy atom. The maximum absolute atomic E-state index is 13.2. The van der Waals surface area contributed by atoms with E-state index in [9.17, 15) is 13.6 Å². The van der Waals surface area contributed by atoms with E-state index < -0.39 is 11.6 Å². The molecule has 1 fully saturated rings. The van der Waals surface area contributed by atoms with Gasteiger partial charge in [0.25, 0.3) is 0 Å². The lowest BCUT2D eigenvalue weighted by atomic mass is 10.0. The number of rotatable bonds is 5. The van der Waals surface area contributed by atoms with Gasteiger partial charge in [-0.3, -0.25) is 9.69 Å². The molecule has 2 atom stereocenters. The van der Waals surface area contributed by atoms with Gasteiger partial charge >= 0.3 is 0 Å². The van der Waals surface area contributed by atoms with E-state index in [0.29, 0.717) is 5.92 Å². The Bertz CT molecular complexity index is 521. The molecule has 0 spiro atoms. The van der Waals surface area contributed by atoms with Gasteiger partial charge in [0.15, 0.2) is 17.4 Å². The summed E-state index contributed by atoms with van der Waals surface area (Å²) in [7, 11) is 4.00. The van der Waals surface area contributed by atoms with E-state index in [4.69, 9.17) is 0 Å². The van der Waals surface area contributed by atoms with Gasteiger partial charge in [-0.1, -0.05) is 0 Å². The van der Waals surface area contributed by atoms with Gasteiger partial charge < -0.3 is 4.90 Å². The van der Waals surface area contributed by atoms with Gasteiger partial charge in [-0.05, 0) is 58.1 Å². The minimum absolute atomic E-state index is 0.178. The number of benzene rings is 1. The van der Waals surface area contributed by atoms with Crippen LogP contribution in [0, 0.1) is 17.6 Å². The van der Waals surface area contributed by atoms with Crippen LogP contribution in [0.4, 0.5) is 8.78 Å². The zero-order valence-corrected chi connectivity index (χ0v) is 12.8. The summed E-state index contributed by atoms with van der Waals surface area (Å²) in [5.41, 5.74) is 0.219. The van der Waals surface area contributed by atoms with Crippen molar-refractivity contribution in [3.8, 4) is 0 Å². The summed E-state index contributed by atoms with van der Waals surface area (Å²) in [6.07, 6.45) is 1.13. The predicted molar refractivity (Wildman–Crippen MR) is 78.4 cm³/mol. The molecule has 1 saturated heterocycles. The van der Waals surface area contributed by atoms with Crippen molar-refractivity contribution >= 4 is 5.78 Å². The molecule has 116 valence electrons. The van der Waals surface area contributed by atoms with Crippen LogP contribution in [0.2, 0.25) is 0 Å². The highest BCUT2D eigenvalue weighted by Crippen LogP contribution is 2.18. The fourth-order valence-electron chi connectivity index (χ4n) is 2.83. The van der Waals surface area contributed by atoms with E-state index >= 15 is 0 Å². The van der Waals surface area contributed by atoms with Crippen molar-refractivity contribution in [2.45, 2.75) is 19.4 Å². The summed E-state index contributed by atoms with van der Waals surface area (Å²) in [5.74, 6) is -1.53. The number of halogens is 2. The Balaban J connectivity index is 1.99. The zero-order valence-electron chi connectivity index (χ0n) is 12.8. The molecule has 21 heavy (non-hydrogen) atoms. The molecule has 0 amide bonds. The second-order valence-electron chi connectivity index (χ2n) is 6.03. The lowest BCUT2D eigenvalue weighted by Crippen LogP contribution is -2.39. The van der Waals surface area contributed by atoms with E-state index in [1.165, 1.54) is 6.07 Å². The fraction of sp³-hybridized carbons (Fsp3) is 0.562. The first-order valence-corrected chi connectivity index (χ1v) is 7.26. The van der Waals surface area contributed by atoms with Crippen molar-refractivity contribution in [2.75, 3.05) is 33.7 Å². The molecule has 0 bridgehead atoms. The van der Waals surface area contributed by atoms with Crippen molar-refractivity contribution in [2.24, 2.45) is 5.92 Å². The molecular formula is C16H22F2N2O. The van der Waals surface area contributed by atoms with Crippen LogP contribution in [0.3, 0.4) is 0 Å². The van der Waals surface area contributed by atoms with Gasteiger partial charge in [-0.2, -0.15) is 0 Å². The normalized spacial score (nSPS) is 21.0. The third-order valence-electron chi connectivity index (χ3n) is 4.28. The van der Waals surface area contributed by atoms with Crippen LogP contribution in [0.1, 0.15) is 23.7 Å². The second-order valence-corrected chi connectivity index (χ2v) is 6.03. The molecule has 1 aromatic carbocycles. The molecule has 0 aliphatic carbocycles. The number of hydrogen-bond acceptors (Lipinski definition) is 3. The SMILES string of the molecule is CC(C(=O)c1ccc(F)c(F)c1)N(C)CC1CCN(C)C1. The molecule has 1 aliphatic rings. The summed E-state index contributed by atoms with van der Waals surface area (Å²) in [5, 5.41) is 0. The Morgan fingerprint density at radius 2 is 2.14 bits per heavy atom. The van der Waals surface area contributed by atoms with Crippen LogP contribution in [0.5, 0.6) is 0 Å². The quantitative estimate of drug-likeness (QED) is 0.780. The van der Waals surface area contributed by atoms with Gasteiger partial charge in [0.2, 0.25) is 0 Å². The van der Waals surface area contributed by atoms with Crippen LogP contribution >= 0.6 is 0 Å². The van der Waals surface area contributed by atoms with Crippen LogP contribution in [0.15, 0.2) is 18.2 Å². The molecule has 0 radical (unpaired) electrons. The van der Waals surface area contributed by atoms with E-state index in [-0.39, 0.29) is 17.4 Å². The lowest BCUT2D eigenvalue weighted by Gasteiger charge is -2.26. The number of Topliss-reactive ketones (excluding diaryl/α,β-unsaturated/α-hetero) is 1. The molecule has 0 saturated carbocycles. The lowest BCUT2D eigenvalue weighted by molar-refractivity contribution is 0.0853. The summed E-state index contributed by atoms with van der Waals surface area (Å²) < 4.78 is 26.2. The topological polar surface area (TPSA) is 23.6 Å². The van der Waals surface area contributed by atoms with Crippen molar-refractivity contribution in [3.63, 3.8) is 0 Å². The molecule has 1 heterocycles.